The van der Waals surface area contributed by atoms with Gasteiger partial charge in [-0.05, 0) is 12.1 Å². The largest absolute Gasteiger partial charge is 0.357 e. The lowest BCUT2D eigenvalue weighted by molar-refractivity contribution is 0.619. The number of nitrogens with one attached hydrogen (secondary N) is 2. The second-order valence-corrected chi connectivity index (χ2v) is 4.18. The summed E-state index contributed by atoms with van der Waals surface area (Å²) in [7, 11) is 1.64. The molecule has 18 heavy (non-hydrogen) atoms. The minimum Gasteiger partial charge on any atom is -0.357 e. The molecule has 0 atom stereocenters. The van der Waals surface area contributed by atoms with E-state index in [1.165, 1.54) is 0 Å². The zero-order chi connectivity index (χ0) is 13.1. The van der Waals surface area contributed by atoms with E-state index in [1.54, 1.807) is 25.2 Å². The highest BCUT2D eigenvalue weighted by Crippen LogP contribution is 2.32. The molecule has 1 heterocycles. The topological polar surface area (TPSA) is 49.8 Å². The molecule has 0 amide bonds. The summed E-state index contributed by atoms with van der Waals surface area (Å²) in [5.74, 6) is -0.295. The van der Waals surface area contributed by atoms with Gasteiger partial charge >= 0.3 is 0 Å². The summed E-state index contributed by atoms with van der Waals surface area (Å²) in [6, 6.07) is 4.99. The number of hydrogen-bond donors (Lipinski definition) is 2. The fourth-order valence-corrected chi connectivity index (χ4v) is 1.80. The monoisotopic (exact) mass is 286 g/mol. The molecule has 4 nitrogen and oxygen atoms in total. The van der Waals surface area contributed by atoms with Gasteiger partial charge in [0.1, 0.15) is 0 Å². The van der Waals surface area contributed by atoms with Crippen LogP contribution in [0.2, 0.25) is 10.0 Å². The van der Waals surface area contributed by atoms with Gasteiger partial charge in [-0.2, -0.15) is 4.98 Å². The predicted octanol–water partition coefficient (Wildman–Crippen LogP) is 3.71. The van der Waals surface area contributed by atoms with E-state index in [1.807, 2.05) is 0 Å². The van der Waals surface area contributed by atoms with Crippen LogP contribution in [0, 0.1) is 5.82 Å². The number of hydrogen-bond acceptors (Lipinski definition) is 4. The van der Waals surface area contributed by atoms with Crippen LogP contribution in [0.5, 0.6) is 0 Å². The maximum absolute atomic E-state index is 13.6. The third kappa shape index (κ3) is 2.63. The van der Waals surface area contributed by atoms with Crippen LogP contribution in [0.3, 0.4) is 0 Å². The Morgan fingerprint density at radius 1 is 1.22 bits per heavy atom. The molecule has 0 radical (unpaired) electrons. The van der Waals surface area contributed by atoms with Crippen molar-refractivity contribution < 1.29 is 4.39 Å². The molecule has 0 spiro atoms. The number of anilines is 3. The highest BCUT2D eigenvalue weighted by atomic mass is 35.5. The summed E-state index contributed by atoms with van der Waals surface area (Å²) in [6.45, 7) is 0. The normalized spacial score (nSPS) is 10.2. The maximum Gasteiger partial charge on any atom is 0.224 e. The van der Waals surface area contributed by atoms with Gasteiger partial charge in [0.15, 0.2) is 11.6 Å². The number of aromatic nitrogens is 2. The van der Waals surface area contributed by atoms with Crippen molar-refractivity contribution in [2.45, 2.75) is 0 Å². The standard InChI is InChI=1S/C11H9Cl2FN4/c1-15-11-16-5-8(14)10(18-11)17-9-6(12)3-2-4-7(9)13/h2-5H,1H3,(H2,15,16,17,18). The van der Waals surface area contributed by atoms with Crippen molar-refractivity contribution in [3.8, 4) is 0 Å². The molecule has 0 saturated carbocycles. The fraction of sp³-hybridized carbons (Fsp3) is 0.0909. The molecule has 94 valence electrons. The molecule has 0 aliphatic heterocycles. The Hall–Kier alpha value is -1.59. The average Bonchev–Trinajstić information content (AvgIpc) is 2.36. The molecule has 7 heteroatoms. The van der Waals surface area contributed by atoms with Gasteiger partial charge in [-0.25, -0.2) is 9.37 Å². The second-order valence-electron chi connectivity index (χ2n) is 3.36. The van der Waals surface area contributed by atoms with Gasteiger partial charge in [-0.1, -0.05) is 29.3 Å². The molecular weight excluding hydrogens is 278 g/mol. The Balaban J connectivity index is 2.39. The first-order chi connectivity index (χ1) is 8.61. The van der Waals surface area contributed by atoms with Gasteiger partial charge in [0.05, 0.1) is 21.9 Å². The average molecular weight is 287 g/mol. The van der Waals surface area contributed by atoms with Crippen molar-refractivity contribution in [1.29, 1.82) is 0 Å². The molecule has 1 aromatic heterocycles. The summed E-state index contributed by atoms with van der Waals surface area (Å²) in [5, 5.41) is 6.23. The molecule has 0 unspecified atom stereocenters. The van der Waals surface area contributed by atoms with E-state index < -0.39 is 5.82 Å². The Morgan fingerprint density at radius 2 is 1.89 bits per heavy atom. The number of nitrogens with zero attached hydrogens (tertiary/aromatic N) is 2. The molecule has 2 aromatic rings. The molecule has 0 bridgehead atoms. The summed E-state index contributed by atoms with van der Waals surface area (Å²) < 4.78 is 13.6. The first kappa shape index (κ1) is 12.9. The van der Waals surface area contributed by atoms with Crippen LogP contribution in [0.25, 0.3) is 0 Å². The smallest absolute Gasteiger partial charge is 0.224 e. The molecule has 2 rings (SSSR count). The van der Waals surface area contributed by atoms with Crippen molar-refractivity contribution in [3.63, 3.8) is 0 Å². The van der Waals surface area contributed by atoms with E-state index in [2.05, 4.69) is 20.6 Å². The molecular formula is C11H9Cl2FN4. The van der Waals surface area contributed by atoms with E-state index in [4.69, 9.17) is 23.2 Å². The summed E-state index contributed by atoms with van der Waals surface area (Å²) in [6.07, 6.45) is 1.06. The van der Waals surface area contributed by atoms with Gasteiger partial charge < -0.3 is 10.6 Å². The molecule has 0 aliphatic carbocycles. The van der Waals surface area contributed by atoms with Crippen molar-refractivity contribution in [2.24, 2.45) is 0 Å². The van der Waals surface area contributed by atoms with E-state index in [9.17, 15) is 4.39 Å². The third-order valence-electron chi connectivity index (χ3n) is 2.17. The first-order valence-corrected chi connectivity index (χ1v) is 5.78. The van der Waals surface area contributed by atoms with E-state index in [0.29, 0.717) is 21.7 Å². The quantitative estimate of drug-likeness (QED) is 0.903. The van der Waals surface area contributed by atoms with Crippen LogP contribution in [0.15, 0.2) is 24.4 Å². The van der Waals surface area contributed by atoms with E-state index in [0.717, 1.165) is 6.20 Å². The van der Waals surface area contributed by atoms with E-state index >= 15 is 0 Å². The zero-order valence-electron chi connectivity index (χ0n) is 9.34. The Bertz CT molecular complexity index is 557. The SMILES string of the molecule is CNc1ncc(F)c(Nc2c(Cl)cccc2Cl)n1. The second kappa shape index (κ2) is 5.37. The van der Waals surface area contributed by atoms with Crippen LogP contribution in [0.4, 0.5) is 21.8 Å². The van der Waals surface area contributed by atoms with Gasteiger partial charge in [0, 0.05) is 7.05 Å². The van der Waals surface area contributed by atoms with Crippen molar-refractivity contribution in [3.05, 3.63) is 40.3 Å². The summed E-state index contributed by atoms with van der Waals surface area (Å²) >= 11 is 12.0. The third-order valence-corrected chi connectivity index (χ3v) is 2.80. The Labute approximate surface area is 113 Å². The van der Waals surface area contributed by atoms with E-state index in [-0.39, 0.29) is 5.82 Å². The Kier molecular flexibility index (Phi) is 3.84. The molecule has 2 N–H and O–H groups in total. The number of rotatable bonds is 3. The molecule has 0 fully saturated rings. The molecule has 0 aliphatic rings. The predicted molar refractivity (Wildman–Crippen MR) is 71.3 cm³/mol. The molecule has 0 saturated heterocycles. The summed E-state index contributed by atoms with van der Waals surface area (Å²) in [5.41, 5.74) is 0.403. The highest BCUT2D eigenvalue weighted by Gasteiger charge is 2.11. The summed E-state index contributed by atoms with van der Waals surface area (Å²) in [4.78, 5) is 7.68. The zero-order valence-corrected chi connectivity index (χ0v) is 10.8. The fourth-order valence-electron chi connectivity index (χ4n) is 1.31. The maximum atomic E-state index is 13.6. The van der Waals surface area contributed by atoms with Gasteiger partial charge in [-0.15, -0.1) is 0 Å². The van der Waals surface area contributed by atoms with Crippen molar-refractivity contribution in [1.82, 2.24) is 9.97 Å². The van der Waals surface area contributed by atoms with Crippen LogP contribution >= 0.6 is 23.2 Å². The Morgan fingerprint density at radius 3 is 2.50 bits per heavy atom. The van der Waals surface area contributed by atoms with Crippen LogP contribution in [0.1, 0.15) is 0 Å². The minimum atomic E-state index is -0.593. The van der Waals surface area contributed by atoms with Gasteiger partial charge in [0.2, 0.25) is 5.95 Å². The number of benzene rings is 1. The van der Waals surface area contributed by atoms with Gasteiger partial charge in [-0.3, -0.25) is 0 Å². The lowest BCUT2D eigenvalue weighted by Crippen LogP contribution is -2.03. The lowest BCUT2D eigenvalue weighted by atomic mass is 10.3. The molecule has 1 aromatic carbocycles. The lowest BCUT2D eigenvalue weighted by Gasteiger charge is -2.10. The van der Waals surface area contributed by atoms with Crippen molar-refractivity contribution >= 4 is 40.7 Å². The number of para-hydroxylation sites is 1. The van der Waals surface area contributed by atoms with Crippen LogP contribution in [-0.4, -0.2) is 17.0 Å². The number of halogens is 3. The van der Waals surface area contributed by atoms with Gasteiger partial charge in [0.25, 0.3) is 0 Å². The van der Waals surface area contributed by atoms with Crippen LogP contribution < -0.4 is 10.6 Å². The van der Waals surface area contributed by atoms with Crippen molar-refractivity contribution in [2.75, 3.05) is 17.7 Å². The minimum absolute atomic E-state index is 0.00403. The highest BCUT2D eigenvalue weighted by molar-refractivity contribution is 6.39. The van der Waals surface area contributed by atoms with Crippen LogP contribution in [-0.2, 0) is 0 Å². The first-order valence-electron chi connectivity index (χ1n) is 5.03.